The first kappa shape index (κ1) is 13.2. The maximum Gasteiger partial charge on any atom is 0.123 e. The summed E-state index contributed by atoms with van der Waals surface area (Å²) < 4.78 is 5.27. The second kappa shape index (κ2) is 6.66. The van der Waals surface area contributed by atoms with Gasteiger partial charge in [0.1, 0.15) is 5.75 Å². The van der Waals surface area contributed by atoms with Crippen molar-refractivity contribution >= 4 is 17.4 Å². The maximum absolute atomic E-state index is 8.92. The number of anilines is 1. The first-order valence-electron chi connectivity index (χ1n) is 5.28. The fraction of sp³-hybridized carbons (Fsp3) is 0.500. The van der Waals surface area contributed by atoms with Crippen LogP contribution in [0.3, 0.4) is 0 Å². The van der Waals surface area contributed by atoms with Gasteiger partial charge in [-0.3, -0.25) is 0 Å². The van der Waals surface area contributed by atoms with E-state index in [0.29, 0.717) is 5.92 Å². The molecule has 16 heavy (non-hydrogen) atoms. The summed E-state index contributed by atoms with van der Waals surface area (Å²) in [5.74, 6) is 3.00. The van der Waals surface area contributed by atoms with Gasteiger partial charge in [0.25, 0.3) is 0 Å². The van der Waals surface area contributed by atoms with Gasteiger partial charge in [-0.05, 0) is 29.9 Å². The molecule has 90 valence electrons. The largest absolute Gasteiger partial charge is 0.496 e. The molecule has 0 saturated carbocycles. The molecule has 3 N–H and O–H groups in total. The summed E-state index contributed by atoms with van der Waals surface area (Å²) in [7, 11) is 1.66. The van der Waals surface area contributed by atoms with Crippen molar-refractivity contribution in [3.05, 3.63) is 23.8 Å². The average Bonchev–Trinajstić information content (AvgIpc) is 2.29. The van der Waals surface area contributed by atoms with Crippen LogP contribution in [-0.4, -0.2) is 24.6 Å². The predicted octanol–water partition coefficient (Wildman–Crippen LogP) is 2.14. The minimum Gasteiger partial charge on any atom is -0.496 e. The first-order chi connectivity index (χ1) is 7.67. The third kappa shape index (κ3) is 3.94. The van der Waals surface area contributed by atoms with Gasteiger partial charge in [0, 0.05) is 23.6 Å². The molecule has 0 aliphatic rings. The lowest BCUT2D eigenvalue weighted by molar-refractivity contribution is 0.250. The van der Waals surface area contributed by atoms with Crippen molar-refractivity contribution in [2.75, 3.05) is 25.2 Å². The minimum absolute atomic E-state index is 0.237. The number of aliphatic hydroxyl groups excluding tert-OH is 1. The summed E-state index contributed by atoms with van der Waals surface area (Å²) in [5, 5.41) is 8.92. The first-order valence-corrected chi connectivity index (χ1v) is 6.43. The Hall–Kier alpha value is -0.870. The van der Waals surface area contributed by atoms with Crippen molar-refractivity contribution in [2.45, 2.75) is 12.7 Å². The second-order valence-corrected chi connectivity index (χ2v) is 4.90. The lowest BCUT2D eigenvalue weighted by Crippen LogP contribution is -2.03. The molecule has 0 aliphatic carbocycles. The number of hydrogen-bond donors (Lipinski definition) is 2. The number of nitrogen functional groups attached to an aromatic ring is 1. The van der Waals surface area contributed by atoms with E-state index in [0.717, 1.165) is 28.5 Å². The monoisotopic (exact) mass is 241 g/mol. The molecule has 1 atom stereocenters. The number of methoxy groups -OCH3 is 1. The molecular weight excluding hydrogens is 222 g/mol. The van der Waals surface area contributed by atoms with Crippen LogP contribution >= 0.6 is 11.8 Å². The van der Waals surface area contributed by atoms with E-state index in [1.54, 1.807) is 18.9 Å². The Morgan fingerprint density at radius 1 is 1.50 bits per heavy atom. The van der Waals surface area contributed by atoms with Gasteiger partial charge in [-0.15, -0.1) is 0 Å². The van der Waals surface area contributed by atoms with Crippen LogP contribution in [0.1, 0.15) is 12.5 Å². The molecule has 1 unspecified atom stereocenters. The van der Waals surface area contributed by atoms with Crippen molar-refractivity contribution in [3.8, 4) is 5.75 Å². The number of benzene rings is 1. The Morgan fingerprint density at radius 3 is 2.88 bits per heavy atom. The van der Waals surface area contributed by atoms with E-state index in [-0.39, 0.29) is 6.61 Å². The molecule has 0 aromatic heterocycles. The summed E-state index contributed by atoms with van der Waals surface area (Å²) in [6.07, 6.45) is 0. The predicted molar refractivity (Wildman–Crippen MR) is 69.8 cm³/mol. The molecule has 1 aromatic carbocycles. The molecule has 3 nitrogen and oxygen atoms in total. The van der Waals surface area contributed by atoms with Gasteiger partial charge >= 0.3 is 0 Å². The maximum atomic E-state index is 8.92. The fourth-order valence-corrected chi connectivity index (χ4v) is 2.41. The molecule has 1 aromatic rings. The van der Waals surface area contributed by atoms with Gasteiger partial charge in [0.05, 0.1) is 7.11 Å². The highest BCUT2D eigenvalue weighted by atomic mass is 32.2. The smallest absolute Gasteiger partial charge is 0.123 e. The standard InChI is InChI=1S/C12H19NO2S/c1-9(6-14)7-16-8-10-5-11(13)3-4-12(10)15-2/h3-5,9,14H,6-8,13H2,1-2H3. The Kier molecular flexibility index (Phi) is 5.49. The van der Waals surface area contributed by atoms with Gasteiger partial charge in [-0.25, -0.2) is 0 Å². The van der Waals surface area contributed by atoms with Crippen LogP contribution in [0.2, 0.25) is 0 Å². The van der Waals surface area contributed by atoms with Crippen LogP contribution < -0.4 is 10.5 Å². The van der Waals surface area contributed by atoms with Crippen LogP contribution in [0, 0.1) is 5.92 Å². The SMILES string of the molecule is COc1ccc(N)cc1CSCC(C)CO. The van der Waals surface area contributed by atoms with E-state index in [1.807, 2.05) is 25.1 Å². The molecule has 0 saturated heterocycles. The van der Waals surface area contributed by atoms with Crippen LogP contribution in [0.5, 0.6) is 5.75 Å². The molecule has 0 amide bonds. The molecule has 0 radical (unpaired) electrons. The molecule has 0 bridgehead atoms. The summed E-state index contributed by atoms with van der Waals surface area (Å²) >= 11 is 1.78. The van der Waals surface area contributed by atoms with E-state index < -0.39 is 0 Å². The third-order valence-corrected chi connectivity index (χ3v) is 3.60. The summed E-state index contributed by atoms with van der Waals surface area (Å²) in [4.78, 5) is 0. The van der Waals surface area contributed by atoms with E-state index in [4.69, 9.17) is 15.6 Å². The number of ether oxygens (including phenoxy) is 1. The van der Waals surface area contributed by atoms with Crippen molar-refractivity contribution in [2.24, 2.45) is 5.92 Å². The number of thioether (sulfide) groups is 1. The summed E-state index contributed by atoms with van der Waals surface area (Å²) in [5.41, 5.74) is 7.60. The topological polar surface area (TPSA) is 55.5 Å². The molecule has 4 heteroatoms. The Labute approximate surface area is 101 Å². The van der Waals surface area contributed by atoms with Crippen LogP contribution in [0.15, 0.2) is 18.2 Å². The summed E-state index contributed by atoms with van der Waals surface area (Å²) in [6, 6.07) is 5.67. The lowest BCUT2D eigenvalue weighted by atomic mass is 10.2. The van der Waals surface area contributed by atoms with Crippen LogP contribution in [-0.2, 0) is 5.75 Å². The van der Waals surface area contributed by atoms with E-state index in [1.165, 1.54) is 0 Å². The van der Waals surface area contributed by atoms with Crippen LogP contribution in [0.25, 0.3) is 0 Å². The lowest BCUT2D eigenvalue weighted by Gasteiger charge is -2.11. The normalized spacial score (nSPS) is 12.4. The Morgan fingerprint density at radius 2 is 2.25 bits per heavy atom. The number of nitrogens with two attached hydrogens (primary N) is 1. The van der Waals surface area contributed by atoms with Crippen molar-refractivity contribution < 1.29 is 9.84 Å². The molecule has 1 rings (SSSR count). The molecule has 0 heterocycles. The van der Waals surface area contributed by atoms with Gasteiger partial charge in [-0.2, -0.15) is 11.8 Å². The number of hydrogen-bond acceptors (Lipinski definition) is 4. The van der Waals surface area contributed by atoms with Crippen molar-refractivity contribution in [1.82, 2.24) is 0 Å². The Balaban J connectivity index is 2.55. The van der Waals surface area contributed by atoms with E-state index in [9.17, 15) is 0 Å². The third-order valence-electron chi connectivity index (χ3n) is 2.28. The molecule has 0 fully saturated rings. The fourth-order valence-electron chi connectivity index (χ4n) is 1.33. The van der Waals surface area contributed by atoms with Gasteiger partial charge in [0.2, 0.25) is 0 Å². The van der Waals surface area contributed by atoms with E-state index in [2.05, 4.69) is 0 Å². The van der Waals surface area contributed by atoms with Crippen molar-refractivity contribution in [3.63, 3.8) is 0 Å². The van der Waals surface area contributed by atoms with Crippen LogP contribution in [0.4, 0.5) is 5.69 Å². The number of rotatable bonds is 6. The van der Waals surface area contributed by atoms with Gasteiger partial charge in [-0.1, -0.05) is 6.92 Å². The number of aliphatic hydroxyl groups is 1. The molecular formula is C12H19NO2S. The highest BCUT2D eigenvalue weighted by Crippen LogP contribution is 2.26. The zero-order valence-electron chi connectivity index (χ0n) is 9.77. The Bertz CT molecular complexity index is 331. The highest BCUT2D eigenvalue weighted by Gasteiger charge is 2.05. The zero-order valence-corrected chi connectivity index (χ0v) is 10.6. The van der Waals surface area contributed by atoms with Gasteiger partial charge < -0.3 is 15.6 Å². The zero-order chi connectivity index (χ0) is 12.0. The summed E-state index contributed by atoms with van der Waals surface area (Å²) in [6.45, 7) is 2.27. The quantitative estimate of drug-likeness (QED) is 0.749. The second-order valence-electron chi connectivity index (χ2n) is 3.87. The van der Waals surface area contributed by atoms with Crippen molar-refractivity contribution in [1.29, 1.82) is 0 Å². The minimum atomic E-state index is 0.237. The highest BCUT2D eigenvalue weighted by molar-refractivity contribution is 7.98. The van der Waals surface area contributed by atoms with E-state index >= 15 is 0 Å². The molecule has 0 aliphatic heterocycles. The molecule has 0 spiro atoms. The average molecular weight is 241 g/mol. The van der Waals surface area contributed by atoms with Gasteiger partial charge in [0.15, 0.2) is 0 Å².